The van der Waals surface area contributed by atoms with Crippen LogP contribution in [0.3, 0.4) is 0 Å². The molecule has 2 heterocycles. The highest BCUT2D eigenvalue weighted by molar-refractivity contribution is 5.89. The number of aryl methyl sites for hydroxylation is 1. The third kappa shape index (κ3) is 5.56. The third-order valence-corrected chi connectivity index (χ3v) is 5.13. The molecule has 4 N–H and O–H groups in total. The highest BCUT2D eigenvalue weighted by Crippen LogP contribution is 2.14. The number of urea groups is 1. The number of hydrogen-bond donors (Lipinski definition) is 4. The molecule has 0 unspecified atom stereocenters. The summed E-state index contributed by atoms with van der Waals surface area (Å²) in [6, 6.07) is 5.04. The lowest BCUT2D eigenvalue weighted by molar-refractivity contribution is -0.132. The SMILES string of the molecule is Cc1[nH]c(=O)[nH]c(=O)c1CCC(=O)N1CCC(NC(=O)Nc2ccc(F)cc2)CC1. The Morgan fingerprint density at radius 3 is 2.43 bits per heavy atom. The molecule has 2 aromatic rings. The lowest BCUT2D eigenvalue weighted by Gasteiger charge is -2.32. The standard InChI is InChI=1S/C20H24FN5O4/c1-12-16(18(28)25-19(29)22-12)6-7-17(27)26-10-8-15(9-11-26)24-20(30)23-14-4-2-13(21)3-5-14/h2-5,15H,6-11H2,1H3,(H2,23,24,30)(H2,22,25,28,29). The number of hydrogen-bond acceptors (Lipinski definition) is 4. The second-order valence-corrected chi connectivity index (χ2v) is 7.27. The number of nitrogens with one attached hydrogen (secondary N) is 4. The fraction of sp³-hybridized carbons (Fsp3) is 0.400. The minimum Gasteiger partial charge on any atom is -0.343 e. The van der Waals surface area contributed by atoms with Gasteiger partial charge in [0.25, 0.3) is 5.56 Å². The number of halogens is 1. The number of aromatic amines is 2. The predicted octanol–water partition coefficient (Wildman–Crippen LogP) is 1.26. The van der Waals surface area contributed by atoms with E-state index in [1.807, 2.05) is 0 Å². The second kappa shape index (κ2) is 9.38. The van der Waals surface area contributed by atoms with Gasteiger partial charge >= 0.3 is 11.7 Å². The first-order valence-electron chi connectivity index (χ1n) is 9.75. The molecule has 10 heteroatoms. The molecule has 1 aromatic carbocycles. The first-order valence-corrected chi connectivity index (χ1v) is 9.75. The molecular weight excluding hydrogens is 393 g/mol. The number of piperidine rings is 1. The van der Waals surface area contributed by atoms with Crippen LogP contribution in [0.25, 0.3) is 0 Å². The minimum atomic E-state index is -0.564. The summed E-state index contributed by atoms with van der Waals surface area (Å²) < 4.78 is 12.9. The van der Waals surface area contributed by atoms with E-state index >= 15 is 0 Å². The summed E-state index contributed by atoms with van der Waals surface area (Å²) in [5.74, 6) is -0.451. The van der Waals surface area contributed by atoms with Crippen molar-refractivity contribution in [3.63, 3.8) is 0 Å². The molecule has 9 nitrogen and oxygen atoms in total. The fourth-order valence-corrected chi connectivity index (χ4v) is 3.48. The Morgan fingerprint density at radius 1 is 1.13 bits per heavy atom. The zero-order chi connectivity index (χ0) is 21.7. The van der Waals surface area contributed by atoms with E-state index in [1.54, 1.807) is 11.8 Å². The van der Waals surface area contributed by atoms with Crippen LogP contribution in [0.2, 0.25) is 0 Å². The van der Waals surface area contributed by atoms with Crippen LogP contribution < -0.4 is 21.9 Å². The maximum atomic E-state index is 12.9. The number of benzene rings is 1. The number of aromatic nitrogens is 2. The number of carbonyl (C=O) groups is 2. The van der Waals surface area contributed by atoms with Crippen LogP contribution in [-0.2, 0) is 11.2 Å². The molecule has 0 saturated carbocycles. The van der Waals surface area contributed by atoms with Crippen molar-refractivity contribution in [1.82, 2.24) is 20.2 Å². The van der Waals surface area contributed by atoms with Gasteiger partial charge in [-0.1, -0.05) is 0 Å². The molecule has 0 atom stereocenters. The van der Waals surface area contributed by atoms with Gasteiger partial charge in [-0.05, 0) is 50.5 Å². The lowest BCUT2D eigenvalue weighted by atomic mass is 10.0. The van der Waals surface area contributed by atoms with Gasteiger partial charge in [-0.2, -0.15) is 0 Å². The molecule has 0 aliphatic carbocycles. The van der Waals surface area contributed by atoms with Gasteiger partial charge in [-0.15, -0.1) is 0 Å². The largest absolute Gasteiger partial charge is 0.343 e. The van der Waals surface area contributed by atoms with E-state index in [-0.39, 0.29) is 36.6 Å². The summed E-state index contributed by atoms with van der Waals surface area (Å²) >= 11 is 0. The average molecular weight is 417 g/mol. The Bertz CT molecular complexity index is 1020. The summed E-state index contributed by atoms with van der Waals surface area (Å²) in [5.41, 5.74) is 0.322. The molecule has 3 amide bonds. The van der Waals surface area contributed by atoms with Crippen molar-refractivity contribution in [2.75, 3.05) is 18.4 Å². The van der Waals surface area contributed by atoms with Crippen LogP contribution >= 0.6 is 0 Å². The van der Waals surface area contributed by atoms with Gasteiger partial charge in [0.1, 0.15) is 5.82 Å². The smallest absolute Gasteiger partial charge is 0.325 e. The number of likely N-dealkylation sites (tertiary alicyclic amines) is 1. The van der Waals surface area contributed by atoms with Crippen LogP contribution in [0.1, 0.15) is 30.5 Å². The summed E-state index contributed by atoms with van der Waals surface area (Å²) in [6.07, 6.45) is 1.63. The van der Waals surface area contributed by atoms with Gasteiger partial charge in [0.15, 0.2) is 0 Å². The van der Waals surface area contributed by atoms with Crippen molar-refractivity contribution in [2.24, 2.45) is 0 Å². The predicted molar refractivity (Wildman–Crippen MR) is 109 cm³/mol. The minimum absolute atomic E-state index is 0.0706. The third-order valence-electron chi connectivity index (χ3n) is 5.13. The molecule has 0 bridgehead atoms. The van der Waals surface area contributed by atoms with Gasteiger partial charge in [-0.3, -0.25) is 14.6 Å². The topological polar surface area (TPSA) is 127 Å². The maximum Gasteiger partial charge on any atom is 0.325 e. The second-order valence-electron chi connectivity index (χ2n) is 7.27. The maximum absolute atomic E-state index is 12.9. The molecule has 3 rings (SSSR count). The van der Waals surface area contributed by atoms with Gasteiger partial charge in [0.05, 0.1) is 0 Å². The van der Waals surface area contributed by atoms with E-state index in [0.717, 1.165) is 0 Å². The van der Waals surface area contributed by atoms with E-state index in [0.29, 0.717) is 42.9 Å². The van der Waals surface area contributed by atoms with E-state index in [4.69, 9.17) is 0 Å². The molecule has 0 spiro atoms. The van der Waals surface area contributed by atoms with Crippen molar-refractivity contribution in [3.05, 3.63) is 62.2 Å². The van der Waals surface area contributed by atoms with Gasteiger partial charge in [0, 0.05) is 42.5 Å². The first-order chi connectivity index (χ1) is 14.3. The summed E-state index contributed by atoms with van der Waals surface area (Å²) in [7, 11) is 0. The Kier molecular flexibility index (Phi) is 6.65. The van der Waals surface area contributed by atoms with E-state index in [1.165, 1.54) is 24.3 Å². The monoisotopic (exact) mass is 417 g/mol. The Hall–Kier alpha value is -3.43. The number of rotatable bonds is 5. The molecule has 160 valence electrons. The fourth-order valence-electron chi connectivity index (χ4n) is 3.48. The van der Waals surface area contributed by atoms with E-state index in [9.17, 15) is 23.6 Å². The van der Waals surface area contributed by atoms with Crippen molar-refractivity contribution in [3.8, 4) is 0 Å². The van der Waals surface area contributed by atoms with Crippen LogP contribution in [0.5, 0.6) is 0 Å². The number of nitrogens with zero attached hydrogens (tertiary/aromatic N) is 1. The van der Waals surface area contributed by atoms with Crippen LogP contribution in [0, 0.1) is 12.7 Å². The molecule has 1 saturated heterocycles. The van der Waals surface area contributed by atoms with Crippen LogP contribution in [0.15, 0.2) is 33.9 Å². The van der Waals surface area contributed by atoms with E-state index < -0.39 is 11.2 Å². The summed E-state index contributed by atoms with van der Waals surface area (Å²) in [4.78, 5) is 54.1. The Balaban J connectivity index is 1.44. The van der Waals surface area contributed by atoms with Crippen molar-refractivity contribution >= 4 is 17.6 Å². The number of H-pyrrole nitrogens is 2. The highest BCUT2D eigenvalue weighted by Gasteiger charge is 2.24. The summed E-state index contributed by atoms with van der Waals surface area (Å²) in [6.45, 7) is 2.63. The van der Waals surface area contributed by atoms with Crippen LogP contribution in [0.4, 0.5) is 14.9 Å². The summed E-state index contributed by atoms with van der Waals surface area (Å²) in [5, 5.41) is 5.51. The van der Waals surface area contributed by atoms with Gasteiger partial charge in [0.2, 0.25) is 5.91 Å². The van der Waals surface area contributed by atoms with Crippen LogP contribution in [-0.4, -0.2) is 45.9 Å². The molecule has 0 radical (unpaired) electrons. The highest BCUT2D eigenvalue weighted by atomic mass is 19.1. The molecule has 30 heavy (non-hydrogen) atoms. The molecule has 1 fully saturated rings. The van der Waals surface area contributed by atoms with Crippen molar-refractivity contribution < 1.29 is 14.0 Å². The normalized spacial score (nSPS) is 14.4. The van der Waals surface area contributed by atoms with E-state index in [2.05, 4.69) is 20.6 Å². The number of anilines is 1. The number of amides is 3. The zero-order valence-corrected chi connectivity index (χ0v) is 16.6. The zero-order valence-electron chi connectivity index (χ0n) is 16.6. The Labute approximate surface area is 171 Å². The van der Waals surface area contributed by atoms with Crippen molar-refractivity contribution in [2.45, 2.75) is 38.6 Å². The average Bonchev–Trinajstić information content (AvgIpc) is 2.69. The van der Waals surface area contributed by atoms with Gasteiger partial charge in [-0.25, -0.2) is 14.0 Å². The molecule has 1 aliphatic heterocycles. The quantitative estimate of drug-likeness (QED) is 0.584. The van der Waals surface area contributed by atoms with Crippen molar-refractivity contribution in [1.29, 1.82) is 0 Å². The molecular formula is C20H24FN5O4. The lowest BCUT2D eigenvalue weighted by Crippen LogP contribution is -2.47. The molecule has 1 aromatic heterocycles. The first kappa shape index (κ1) is 21.3. The van der Waals surface area contributed by atoms with Gasteiger partial charge < -0.3 is 20.5 Å². The number of carbonyl (C=O) groups excluding carboxylic acids is 2. The molecule has 1 aliphatic rings. The Morgan fingerprint density at radius 2 is 1.80 bits per heavy atom.